The van der Waals surface area contributed by atoms with Gasteiger partial charge < -0.3 is 15.8 Å². The van der Waals surface area contributed by atoms with E-state index in [2.05, 4.69) is 15.6 Å². The Labute approximate surface area is 106 Å². The van der Waals surface area contributed by atoms with Crippen LogP contribution in [0, 0.1) is 5.41 Å². The maximum atomic E-state index is 9.41. The summed E-state index contributed by atoms with van der Waals surface area (Å²) < 4.78 is 0. The van der Waals surface area contributed by atoms with Gasteiger partial charge in [-0.05, 0) is 31.4 Å². The quantitative estimate of drug-likeness (QED) is 0.468. The highest BCUT2D eigenvalue weighted by Crippen LogP contribution is 2.10. The highest BCUT2D eigenvalue weighted by atomic mass is 16.5. The van der Waals surface area contributed by atoms with Gasteiger partial charge >= 0.3 is 0 Å². The number of nitrogens with zero attached hydrogens (tertiary/aromatic N) is 2. The first-order valence-corrected chi connectivity index (χ1v) is 6.20. The number of hydroxylamine groups is 2. The fourth-order valence-corrected chi connectivity index (χ4v) is 2.05. The van der Waals surface area contributed by atoms with Gasteiger partial charge in [0.25, 0.3) is 0 Å². The van der Waals surface area contributed by atoms with Gasteiger partial charge in [-0.2, -0.15) is 5.06 Å². The third kappa shape index (κ3) is 3.97. The summed E-state index contributed by atoms with van der Waals surface area (Å²) in [5.41, 5.74) is 0.847. The summed E-state index contributed by atoms with van der Waals surface area (Å²) in [5.74, 6) is 0.289. The van der Waals surface area contributed by atoms with Crippen LogP contribution in [0.1, 0.15) is 19.3 Å². The van der Waals surface area contributed by atoms with Gasteiger partial charge in [-0.3, -0.25) is 10.4 Å². The second kappa shape index (κ2) is 6.32. The van der Waals surface area contributed by atoms with E-state index in [1.54, 1.807) is 12.4 Å². The van der Waals surface area contributed by atoms with Gasteiger partial charge in [-0.25, -0.2) is 0 Å². The molecule has 2 heterocycles. The lowest BCUT2D eigenvalue weighted by Gasteiger charge is -2.18. The molecule has 98 valence electrons. The predicted octanol–water partition coefficient (Wildman–Crippen LogP) is 1.26. The number of guanidine groups is 1. The predicted molar refractivity (Wildman–Crippen MR) is 69.7 cm³/mol. The van der Waals surface area contributed by atoms with Crippen LogP contribution in [0.2, 0.25) is 0 Å². The molecular weight excluding hydrogens is 230 g/mol. The van der Waals surface area contributed by atoms with Gasteiger partial charge in [0.1, 0.15) is 0 Å². The molecule has 1 aromatic rings. The third-order valence-electron chi connectivity index (χ3n) is 3.00. The van der Waals surface area contributed by atoms with Gasteiger partial charge in [0, 0.05) is 37.2 Å². The molecule has 1 aromatic heterocycles. The Morgan fingerprint density at radius 2 is 2.11 bits per heavy atom. The van der Waals surface area contributed by atoms with Gasteiger partial charge in [0.15, 0.2) is 5.96 Å². The Hall–Kier alpha value is -1.66. The molecule has 1 atom stereocenters. The second-order valence-corrected chi connectivity index (χ2v) is 4.46. The fraction of sp³-hybridized carbons (Fsp3) is 0.500. The smallest absolute Gasteiger partial charge is 0.193 e. The molecule has 1 aliphatic rings. The van der Waals surface area contributed by atoms with Crippen LogP contribution in [0.4, 0.5) is 5.69 Å². The summed E-state index contributed by atoms with van der Waals surface area (Å²) in [6, 6.07) is 3.88. The summed E-state index contributed by atoms with van der Waals surface area (Å²) in [4.78, 5) is 3.92. The van der Waals surface area contributed by atoms with Crippen LogP contribution in [-0.4, -0.2) is 40.3 Å². The molecule has 1 unspecified atom stereocenters. The number of hydrogen-bond acceptors (Lipinski definition) is 4. The summed E-state index contributed by atoms with van der Waals surface area (Å²) >= 11 is 0. The molecular formula is C12H19N5O. The van der Waals surface area contributed by atoms with Crippen LogP contribution < -0.4 is 10.6 Å². The molecule has 1 fully saturated rings. The van der Waals surface area contributed by atoms with E-state index < -0.39 is 0 Å². The number of hydrogen-bond donors (Lipinski definition) is 4. The zero-order chi connectivity index (χ0) is 12.8. The molecule has 1 aliphatic heterocycles. The van der Waals surface area contributed by atoms with E-state index in [-0.39, 0.29) is 12.0 Å². The standard InChI is InChI=1S/C12H19N5O/c13-12(16-11-3-6-14-7-4-11)15-10-2-1-8-17(18)9-5-10/h3-4,6-7,10,18H,1-2,5,8-9H2,(H3,13,14,15,16). The van der Waals surface area contributed by atoms with Crippen LogP contribution in [0.3, 0.4) is 0 Å². The summed E-state index contributed by atoms with van der Waals surface area (Å²) in [5, 5.41) is 24.7. The van der Waals surface area contributed by atoms with Crippen LogP contribution >= 0.6 is 0 Å². The molecule has 0 aromatic carbocycles. The normalized spacial score (nSPS) is 21.1. The van der Waals surface area contributed by atoms with Gasteiger partial charge in [0.05, 0.1) is 0 Å². The number of anilines is 1. The monoisotopic (exact) mass is 249 g/mol. The zero-order valence-corrected chi connectivity index (χ0v) is 10.3. The maximum Gasteiger partial charge on any atom is 0.193 e. The Kier molecular flexibility index (Phi) is 4.49. The SMILES string of the molecule is N=C(Nc1ccncc1)NC1CCCN(O)CC1. The highest BCUT2D eigenvalue weighted by molar-refractivity contribution is 5.91. The van der Waals surface area contributed by atoms with Crippen LogP contribution in [0.5, 0.6) is 0 Å². The topological polar surface area (TPSA) is 84.3 Å². The van der Waals surface area contributed by atoms with E-state index in [0.717, 1.165) is 24.9 Å². The van der Waals surface area contributed by atoms with Crippen molar-refractivity contribution >= 4 is 11.6 Å². The molecule has 0 bridgehead atoms. The minimum absolute atomic E-state index is 0.240. The number of nitrogens with one attached hydrogen (secondary N) is 3. The number of aromatic nitrogens is 1. The number of pyridine rings is 1. The summed E-state index contributed by atoms with van der Waals surface area (Å²) in [6.45, 7) is 1.36. The Morgan fingerprint density at radius 3 is 2.89 bits per heavy atom. The lowest BCUT2D eigenvalue weighted by atomic mass is 10.1. The molecule has 0 aliphatic carbocycles. The minimum Gasteiger partial charge on any atom is -0.354 e. The first kappa shape index (κ1) is 12.8. The van der Waals surface area contributed by atoms with E-state index in [1.807, 2.05) is 12.1 Å². The van der Waals surface area contributed by atoms with E-state index in [0.29, 0.717) is 13.1 Å². The van der Waals surface area contributed by atoms with Crippen LogP contribution in [0.15, 0.2) is 24.5 Å². The molecule has 18 heavy (non-hydrogen) atoms. The van der Waals surface area contributed by atoms with E-state index in [4.69, 9.17) is 5.41 Å². The molecule has 6 heteroatoms. The van der Waals surface area contributed by atoms with Gasteiger partial charge in [-0.15, -0.1) is 0 Å². The van der Waals surface area contributed by atoms with Gasteiger partial charge in [0.2, 0.25) is 0 Å². The second-order valence-electron chi connectivity index (χ2n) is 4.46. The summed E-state index contributed by atoms with van der Waals surface area (Å²) in [6.07, 6.45) is 6.13. The molecule has 0 saturated carbocycles. The molecule has 6 nitrogen and oxygen atoms in total. The molecule has 1 saturated heterocycles. The first-order chi connectivity index (χ1) is 8.74. The van der Waals surface area contributed by atoms with Crippen molar-refractivity contribution in [3.63, 3.8) is 0 Å². The average molecular weight is 249 g/mol. The van der Waals surface area contributed by atoms with Gasteiger partial charge in [-0.1, -0.05) is 0 Å². The molecule has 0 amide bonds. The van der Waals surface area contributed by atoms with Crippen LogP contribution in [-0.2, 0) is 0 Å². The highest BCUT2D eigenvalue weighted by Gasteiger charge is 2.16. The minimum atomic E-state index is 0.240. The van der Waals surface area contributed by atoms with Crippen molar-refractivity contribution in [1.82, 2.24) is 15.4 Å². The maximum absolute atomic E-state index is 9.41. The van der Waals surface area contributed by atoms with Crippen molar-refractivity contribution in [3.05, 3.63) is 24.5 Å². The van der Waals surface area contributed by atoms with Crippen molar-refractivity contribution in [2.75, 3.05) is 18.4 Å². The first-order valence-electron chi connectivity index (χ1n) is 6.20. The number of rotatable bonds is 2. The molecule has 0 spiro atoms. The molecule has 4 N–H and O–H groups in total. The van der Waals surface area contributed by atoms with E-state index in [9.17, 15) is 5.21 Å². The Balaban J connectivity index is 1.80. The van der Waals surface area contributed by atoms with Crippen molar-refractivity contribution in [2.45, 2.75) is 25.3 Å². The van der Waals surface area contributed by atoms with Crippen molar-refractivity contribution in [1.29, 1.82) is 5.41 Å². The van der Waals surface area contributed by atoms with Crippen LogP contribution in [0.25, 0.3) is 0 Å². The molecule has 2 rings (SSSR count). The Morgan fingerprint density at radius 1 is 1.33 bits per heavy atom. The largest absolute Gasteiger partial charge is 0.354 e. The fourth-order valence-electron chi connectivity index (χ4n) is 2.05. The summed E-state index contributed by atoms with van der Waals surface area (Å²) in [7, 11) is 0. The van der Waals surface area contributed by atoms with E-state index >= 15 is 0 Å². The zero-order valence-electron chi connectivity index (χ0n) is 10.3. The van der Waals surface area contributed by atoms with Crippen molar-refractivity contribution in [3.8, 4) is 0 Å². The van der Waals surface area contributed by atoms with Crippen molar-refractivity contribution < 1.29 is 5.21 Å². The third-order valence-corrected chi connectivity index (χ3v) is 3.00. The van der Waals surface area contributed by atoms with Crippen molar-refractivity contribution in [2.24, 2.45) is 0 Å². The lowest BCUT2D eigenvalue weighted by Crippen LogP contribution is -2.39. The average Bonchev–Trinajstić information content (AvgIpc) is 2.56. The van der Waals surface area contributed by atoms with E-state index in [1.165, 1.54) is 5.06 Å². The molecule has 0 radical (unpaired) electrons. The lowest BCUT2D eigenvalue weighted by molar-refractivity contribution is -0.0876. The Bertz CT molecular complexity index is 383.